The van der Waals surface area contributed by atoms with Crippen LogP contribution in [0.4, 0.5) is 5.95 Å². The quantitative estimate of drug-likeness (QED) is 0.0245. The average Bonchev–Trinajstić information content (AvgIpc) is 1.01. The number of hydrogen-bond acceptors (Lipinski definition) is 21. The van der Waals surface area contributed by atoms with Crippen molar-refractivity contribution in [3.63, 3.8) is 0 Å². The molecule has 33 heteroatoms. The molecule has 4 aromatic rings. The molecule has 0 bridgehead atoms. The summed E-state index contributed by atoms with van der Waals surface area (Å²) in [5, 5.41) is 45.7. The Morgan fingerprint density at radius 2 is 1.26 bits per heavy atom. The molecule has 11 N–H and O–H groups in total. The summed E-state index contributed by atoms with van der Waals surface area (Å²) < 4.78 is 53.7. The van der Waals surface area contributed by atoms with E-state index in [0.29, 0.717) is 148 Å². The van der Waals surface area contributed by atoms with Gasteiger partial charge in [0.25, 0.3) is 5.91 Å². The van der Waals surface area contributed by atoms with E-state index >= 15 is 0 Å². The van der Waals surface area contributed by atoms with Gasteiger partial charge < -0.3 is 80.6 Å². The predicted molar refractivity (Wildman–Crippen MR) is 349 cm³/mol. The summed E-state index contributed by atoms with van der Waals surface area (Å²) in [5.41, 5.74) is 1.07. The Bertz CT molecular complexity index is 3310. The molecule has 1 fully saturated rings. The van der Waals surface area contributed by atoms with Gasteiger partial charge in [0.1, 0.15) is 23.4 Å². The number of carbonyl (C=O) groups is 8. The van der Waals surface area contributed by atoms with Crippen molar-refractivity contribution in [1.29, 1.82) is 0 Å². The molecule has 0 unspecified atom stereocenters. The summed E-state index contributed by atoms with van der Waals surface area (Å²) in [6.07, 6.45) is 6.21. The lowest BCUT2D eigenvalue weighted by atomic mass is 10.1. The second-order valence-corrected chi connectivity index (χ2v) is 24.4. The third-order valence-corrected chi connectivity index (χ3v) is 17.2. The first kappa shape index (κ1) is 77.6. The number of carboxylic acids is 3. The van der Waals surface area contributed by atoms with Crippen LogP contribution in [0.2, 0.25) is 0 Å². The highest BCUT2D eigenvalue weighted by Gasteiger charge is 2.30. The lowest BCUT2D eigenvalue weighted by Gasteiger charge is -2.33. The first-order valence-electron chi connectivity index (χ1n) is 31.7. The molecule has 0 radical (unpaired) electrons. The number of aryl methyl sites for hydroxylation is 3. The fraction of sp³-hybridized carbons (Fsp3) is 0.581. The second-order valence-electron chi connectivity index (χ2n) is 22.8. The Morgan fingerprint density at radius 1 is 0.684 bits per heavy atom. The molecule has 2 aromatic heterocycles. The molecule has 0 spiro atoms. The summed E-state index contributed by atoms with van der Waals surface area (Å²) >= 11 is 0. The van der Waals surface area contributed by atoms with Crippen molar-refractivity contribution in [1.82, 2.24) is 65.4 Å². The van der Waals surface area contributed by atoms with Crippen LogP contribution >= 0.6 is 0 Å². The monoisotopic (exact) mass is 1350 g/mol. The smallest absolute Gasteiger partial charge is 0.323 e. The van der Waals surface area contributed by atoms with Gasteiger partial charge in [-0.1, -0.05) is 13.0 Å². The molecule has 2 atom stereocenters. The van der Waals surface area contributed by atoms with Gasteiger partial charge in [-0.15, -0.1) is 0 Å². The van der Waals surface area contributed by atoms with Crippen LogP contribution in [-0.4, -0.2) is 269 Å². The minimum atomic E-state index is -4.47. The molecule has 2 aromatic carbocycles. The highest BCUT2D eigenvalue weighted by molar-refractivity contribution is 7.89. The van der Waals surface area contributed by atoms with Gasteiger partial charge in [-0.05, 0) is 87.0 Å². The number of H-pyrrole nitrogens is 1. The van der Waals surface area contributed by atoms with E-state index in [4.69, 9.17) is 18.9 Å². The van der Waals surface area contributed by atoms with Crippen LogP contribution in [0.3, 0.4) is 0 Å². The Labute approximate surface area is 552 Å². The number of carboxylic acid groups (broad SMARTS) is 3. The van der Waals surface area contributed by atoms with E-state index in [1.165, 1.54) is 39.2 Å². The van der Waals surface area contributed by atoms with E-state index < -0.39 is 69.7 Å². The Hall–Kier alpha value is -8.15. The molecular weight excluding hydrogens is 1260 g/mol. The number of anilines is 1. The van der Waals surface area contributed by atoms with Crippen LogP contribution in [0.1, 0.15) is 72.5 Å². The third kappa shape index (κ3) is 28.0. The van der Waals surface area contributed by atoms with Gasteiger partial charge in [0.2, 0.25) is 39.1 Å². The molecule has 5 amide bonds. The first-order valence-corrected chi connectivity index (χ1v) is 33.2. The number of aromatic amines is 1. The fourth-order valence-electron chi connectivity index (χ4n) is 10.3. The van der Waals surface area contributed by atoms with E-state index in [2.05, 4.69) is 51.5 Å². The van der Waals surface area contributed by atoms with Gasteiger partial charge in [0, 0.05) is 143 Å². The lowest BCUT2D eigenvalue weighted by molar-refractivity contribution is -0.140. The number of aliphatic carboxylic acids is 3. The molecular formula is C62H94N14O18S. The number of nitrogens with one attached hydrogen (secondary N) is 8. The number of ether oxygens (including phenoxy) is 4. The minimum Gasteiger partial charge on any atom is -0.494 e. The predicted octanol–water partition coefficient (Wildman–Crippen LogP) is -0.705. The average molecular weight is 1360 g/mol. The third-order valence-electron chi connectivity index (χ3n) is 15.4. The summed E-state index contributed by atoms with van der Waals surface area (Å²) in [6, 6.07) is 5.29. The topological polar surface area (TPSA) is 416 Å². The van der Waals surface area contributed by atoms with Crippen LogP contribution < -0.4 is 46.8 Å². The SMILES string of the molecule is CCN1CCN(CC(=O)O)CCN(CC(=O)O)CCN(CC(=O)N[C@H](CCC(=O)NC)C(=O)NCCCOCCOCCOCCCNC(=O)CCCOc2cc(C)c(S(=O)(=O)N[C@@H](CNC(=O)c3cn(C)c4cc(CNc5ncc[nH]5)ccc4c3=O)C(=O)O)c(C)c2)CC1. The number of rotatable bonds is 41. The van der Waals surface area contributed by atoms with Crippen LogP contribution in [0.5, 0.6) is 5.75 Å². The van der Waals surface area contributed by atoms with E-state index in [-0.39, 0.29) is 90.8 Å². The standard InChI is InChI=1S/C62H94N14O18S/c1-6-73-19-21-74(23-24-76(42-56(82)83)26-25-75(22-20-73)41-55(80)81)40-54(79)70-49(13-14-52(77)63-4)60(86)65-16-9-28-92-31-33-93-32-30-91-27-8-15-64-53(78)10-7-29-94-46-34-43(2)58(44(3)35-46)95(89,90)71-50(61(87)88)38-68-59(85)48-39-72(5)51-36-45(11-12-47(51)57(48)84)37-69-62-66-17-18-67-62/h11-12,17-18,34-36,39,49-50,71H,6-10,13-16,19-33,37-38,40-42H2,1-5H3,(H,63,77)(H,64,78)(H,65,86)(H,68,85)(H,70,79)(H,80,81)(H,82,83)(H,87,88)(H2,66,67,69)/t49-,50+/m1/s1. The second kappa shape index (κ2) is 41.0. The van der Waals surface area contributed by atoms with Crippen molar-refractivity contribution in [3.8, 4) is 5.75 Å². The van der Waals surface area contributed by atoms with Gasteiger partial charge in [-0.25, -0.2) is 13.4 Å². The highest BCUT2D eigenvalue weighted by atomic mass is 32.2. The van der Waals surface area contributed by atoms with Crippen molar-refractivity contribution < 1.29 is 81.0 Å². The molecule has 3 heterocycles. The molecule has 0 aliphatic carbocycles. The number of nitrogens with zero attached hydrogens (tertiary/aromatic N) is 6. The largest absolute Gasteiger partial charge is 0.494 e. The highest BCUT2D eigenvalue weighted by Crippen LogP contribution is 2.26. The zero-order valence-corrected chi connectivity index (χ0v) is 55.7. The number of benzene rings is 2. The maximum atomic E-state index is 13.7. The molecule has 1 aliphatic heterocycles. The molecule has 1 saturated heterocycles. The summed E-state index contributed by atoms with van der Waals surface area (Å²) in [6.45, 7) is 11.1. The maximum Gasteiger partial charge on any atom is 0.323 e. The zero-order chi connectivity index (χ0) is 69.3. The van der Waals surface area contributed by atoms with Gasteiger partial charge >= 0.3 is 17.9 Å². The Morgan fingerprint density at radius 3 is 1.82 bits per heavy atom. The Kier molecular flexibility index (Phi) is 33.4. The molecule has 5 rings (SSSR count). The van der Waals surface area contributed by atoms with Gasteiger partial charge in [0.15, 0.2) is 5.95 Å². The molecule has 32 nitrogen and oxygen atoms in total. The van der Waals surface area contributed by atoms with Gasteiger partial charge in [0.05, 0.1) is 63.1 Å². The van der Waals surface area contributed by atoms with E-state index in [9.17, 15) is 66.9 Å². The van der Waals surface area contributed by atoms with Crippen molar-refractivity contribution in [2.45, 2.75) is 82.8 Å². The van der Waals surface area contributed by atoms with Crippen molar-refractivity contribution in [3.05, 3.63) is 81.4 Å². The van der Waals surface area contributed by atoms with Crippen molar-refractivity contribution in [2.75, 3.05) is 157 Å². The minimum absolute atomic E-state index is 0.00257. The van der Waals surface area contributed by atoms with Crippen LogP contribution in [0.15, 0.2) is 58.6 Å². The van der Waals surface area contributed by atoms with Crippen molar-refractivity contribution >= 4 is 74.3 Å². The van der Waals surface area contributed by atoms with E-state index in [0.717, 1.165) is 5.56 Å². The summed E-state index contributed by atoms with van der Waals surface area (Å²) in [5.74, 6) is -4.89. The normalized spacial score (nSPS) is 14.6. The van der Waals surface area contributed by atoms with Crippen LogP contribution in [-0.2, 0) is 71.4 Å². The van der Waals surface area contributed by atoms with E-state index in [1.807, 2.05) is 11.8 Å². The zero-order valence-electron chi connectivity index (χ0n) is 54.8. The number of imidazole rings is 1. The number of carbonyl (C=O) groups excluding carboxylic acids is 5. The number of aromatic nitrogens is 3. The van der Waals surface area contributed by atoms with E-state index in [1.54, 1.807) is 52.0 Å². The lowest BCUT2D eigenvalue weighted by Crippen LogP contribution is -2.52. The number of amides is 5. The van der Waals surface area contributed by atoms with Crippen LogP contribution in [0, 0.1) is 13.8 Å². The fourth-order valence-corrected chi connectivity index (χ4v) is 12.0. The van der Waals surface area contributed by atoms with Gasteiger partial charge in [-0.2, -0.15) is 4.72 Å². The first-order chi connectivity index (χ1) is 45.5. The molecule has 95 heavy (non-hydrogen) atoms. The number of hydrogen-bond donors (Lipinski definition) is 11. The number of sulfonamides is 1. The molecule has 0 saturated carbocycles. The summed E-state index contributed by atoms with van der Waals surface area (Å²) in [4.78, 5) is 128. The van der Waals surface area contributed by atoms with Crippen LogP contribution in [0.25, 0.3) is 10.9 Å². The molecule has 1 aliphatic rings. The maximum absolute atomic E-state index is 13.7. The number of likely N-dealkylation sites (N-methyl/N-ethyl adjacent to an activating group) is 1. The number of pyridine rings is 1. The van der Waals surface area contributed by atoms with Gasteiger partial charge in [-0.3, -0.25) is 57.9 Å². The summed E-state index contributed by atoms with van der Waals surface area (Å²) in [7, 11) is -1.33. The van der Waals surface area contributed by atoms with Crippen molar-refractivity contribution in [2.24, 2.45) is 7.05 Å². The number of fused-ring (bicyclic) bond motifs is 1. The Balaban J connectivity index is 0.912. The molecule has 526 valence electrons.